The summed E-state index contributed by atoms with van der Waals surface area (Å²) in [5.74, 6) is 1.02. The van der Waals surface area contributed by atoms with Crippen LogP contribution in [0.2, 0.25) is 0 Å². The first-order valence-corrected chi connectivity index (χ1v) is 7.70. The smallest absolute Gasteiger partial charge is 0.229 e. The molecular formula is C17H25N3O. The molecule has 4 heteroatoms. The van der Waals surface area contributed by atoms with E-state index in [4.69, 9.17) is 4.99 Å². The number of hydrogen-bond acceptors (Lipinski definition) is 2. The molecule has 0 aliphatic carbocycles. The van der Waals surface area contributed by atoms with Gasteiger partial charge in [-0.2, -0.15) is 0 Å². The van der Waals surface area contributed by atoms with Crippen LogP contribution in [-0.2, 0) is 17.6 Å². The minimum atomic E-state index is 0.144. The van der Waals surface area contributed by atoms with Crippen LogP contribution in [-0.4, -0.2) is 48.7 Å². The van der Waals surface area contributed by atoms with E-state index in [1.165, 1.54) is 11.1 Å². The summed E-state index contributed by atoms with van der Waals surface area (Å²) in [5.41, 5.74) is 3.56. The van der Waals surface area contributed by atoms with E-state index in [9.17, 15) is 4.79 Å². The molecular weight excluding hydrogens is 262 g/mol. The van der Waals surface area contributed by atoms with Crippen molar-refractivity contribution in [2.24, 2.45) is 4.99 Å². The molecule has 2 rings (SSSR count). The molecule has 1 saturated heterocycles. The summed E-state index contributed by atoms with van der Waals surface area (Å²) < 4.78 is 0. The third-order valence-electron chi connectivity index (χ3n) is 4.15. The van der Waals surface area contributed by atoms with Crippen LogP contribution in [0, 0.1) is 0 Å². The number of rotatable bonds is 3. The third kappa shape index (κ3) is 3.43. The SMILES string of the molecule is CCc1cccc(CC)c1N=C1CC(=O)N(C)CCN1C. The van der Waals surface area contributed by atoms with E-state index in [0.717, 1.165) is 37.5 Å². The van der Waals surface area contributed by atoms with E-state index in [1.807, 2.05) is 14.1 Å². The number of para-hydroxylation sites is 1. The number of carbonyl (C=O) groups excluding carboxylic acids is 1. The minimum Gasteiger partial charge on any atom is -0.361 e. The molecule has 0 bridgehead atoms. The van der Waals surface area contributed by atoms with Crippen LogP contribution in [0.4, 0.5) is 5.69 Å². The first-order valence-electron chi connectivity index (χ1n) is 7.70. The van der Waals surface area contributed by atoms with Crippen molar-refractivity contribution in [1.82, 2.24) is 9.80 Å². The highest BCUT2D eigenvalue weighted by Crippen LogP contribution is 2.27. The van der Waals surface area contributed by atoms with Gasteiger partial charge in [0.25, 0.3) is 0 Å². The molecule has 21 heavy (non-hydrogen) atoms. The molecule has 0 spiro atoms. The number of amides is 1. The topological polar surface area (TPSA) is 35.9 Å². The second-order valence-electron chi connectivity index (χ2n) is 5.57. The van der Waals surface area contributed by atoms with E-state index in [2.05, 4.69) is 36.9 Å². The lowest BCUT2D eigenvalue weighted by atomic mass is 10.0. The average Bonchev–Trinajstić information content (AvgIpc) is 2.61. The average molecular weight is 287 g/mol. The Labute approximate surface area is 127 Å². The number of aryl methyl sites for hydroxylation is 2. The second kappa shape index (κ2) is 6.74. The summed E-state index contributed by atoms with van der Waals surface area (Å²) >= 11 is 0. The summed E-state index contributed by atoms with van der Waals surface area (Å²) in [6.45, 7) is 5.88. The Morgan fingerprint density at radius 2 is 1.62 bits per heavy atom. The zero-order chi connectivity index (χ0) is 15.4. The fourth-order valence-corrected chi connectivity index (χ4v) is 2.57. The summed E-state index contributed by atoms with van der Waals surface area (Å²) in [7, 11) is 3.88. The molecule has 0 unspecified atom stereocenters. The maximum atomic E-state index is 12.1. The van der Waals surface area contributed by atoms with Crippen molar-refractivity contribution in [1.29, 1.82) is 0 Å². The van der Waals surface area contributed by atoms with Gasteiger partial charge in [0.05, 0.1) is 12.1 Å². The summed E-state index contributed by atoms with van der Waals surface area (Å²) in [6.07, 6.45) is 2.29. The van der Waals surface area contributed by atoms with Crippen LogP contribution < -0.4 is 0 Å². The largest absolute Gasteiger partial charge is 0.361 e. The van der Waals surface area contributed by atoms with Gasteiger partial charge in [-0.15, -0.1) is 0 Å². The Hall–Kier alpha value is -1.84. The van der Waals surface area contributed by atoms with E-state index in [0.29, 0.717) is 6.42 Å². The fourth-order valence-electron chi connectivity index (χ4n) is 2.57. The fraction of sp³-hybridized carbons (Fsp3) is 0.529. The summed E-state index contributed by atoms with van der Waals surface area (Å²) in [5, 5.41) is 0. The van der Waals surface area contributed by atoms with Gasteiger partial charge in [0.15, 0.2) is 0 Å². The van der Waals surface area contributed by atoms with Gasteiger partial charge in [0.2, 0.25) is 5.91 Å². The zero-order valence-electron chi connectivity index (χ0n) is 13.5. The Kier molecular flexibility index (Phi) is 4.99. The van der Waals surface area contributed by atoms with Gasteiger partial charge in [0.1, 0.15) is 5.84 Å². The molecule has 0 radical (unpaired) electrons. The first kappa shape index (κ1) is 15.5. The van der Waals surface area contributed by atoms with Gasteiger partial charge in [-0.05, 0) is 24.0 Å². The van der Waals surface area contributed by atoms with Crippen molar-refractivity contribution in [2.45, 2.75) is 33.1 Å². The second-order valence-corrected chi connectivity index (χ2v) is 5.57. The van der Waals surface area contributed by atoms with Crippen molar-refractivity contribution in [3.05, 3.63) is 29.3 Å². The molecule has 4 nitrogen and oxygen atoms in total. The van der Waals surface area contributed by atoms with Gasteiger partial charge in [-0.1, -0.05) is 32.0 Å². The Bertz CT molecular complexity index is 529. The molecule has 114 valence electrons. The third-order valence-corrected chi connectivity index (χ3v) is 4.15. The van der Waals surface area contributed by atoms with Gasteiger partial charge < -0.3 is 9.80 Å². The number of aliphatic imine (C=N–C) groups is 1. The van der Waals surface area contributed by atoms with Crippen LogP contribution >= 0.6 is 0 Å². The summed E-state index contributed by atoms with van der Waals surface area (Å²) in [6, 6.07) is 6.35. The van der Waals surface area contributed by atoms with Crippen LogP contribution in [0.3, 0.4) is 0 Å². The van der Waals surface area contributed by atoms with Crippen molar-refractivity contribution >= 4 is 17.4 Å². The lowest BCUT2D eigenvalue weighted by Gasteiger charge is -2.19. The molecule has 1 aliphatic rings. The van der Waals surface area contributed by atoms with Crippen molar-refractivity contribution < 1.29 is 4.79 Å². The highest BCUT2D eigenvalue weighted by molar-refractivity contribution is 6.01. The number of carbonyl (C=O) groups is 1. The molecule has 1 fully saturated rings. The van der Waals surface area contributed by atoms with Gasteiger partial charge in [-0.25, -0.2) is 4.99 Å². The van der Waals surface area contributed by atoms with Gasteiger partial charge in [-0.3, -0.25) is 4.79 Å². The monoisotopic (exact) mass is 287 g/mol. The molecule has 1 amide bonds. The number of nitrogens with zero attached hydrogens (tertiary/aromatic N) is 3. The first-order chi connectivity index (χ1) is 10.1. The number of benzene rings is 1. The lowest BCUT2D eigenvalue weighted by molar-refractivity contribution is -0.128. The number of hydrogen-bond donors (Lipinski definition) is 0. The molecule has 1 heterocycles. The van der Waals surface area contributed by atoms with E-state index in [1.54, 1.807) is 4.90 Å². The maximum Gasteiger partial charge on any atom is 0.229 e. The van der Waals surface area contributed by atoms with Crippen molar-refractivity contribution in [2.75, 3.05) is 27.2 Å². The van der Waals surface area contributed by atoms with Crippen LogP contribution in [0.5, 0.6) is 0 Å². The maximum absolute atomic E-state index is 12.1. The molecule has 0 atom stereocenters. The quantitative estimate of drug-likeness (QED) is 0.857. The van der Waals surface area contributed by atoms with Crippen LogP contribution in [0.15, 0.2) is 23.2 Å². The van der Waals surface area contributed by atoms with Gasteiger partial charge in [0, 0.05) is 27.2 Å². The summed E-state index contributed by atoms with van der Waals surface area (Å²) in [4.78, 5) is 20.9. The Morgan fingerprint density at radius 3 is 2.19 bits per heavy atom. The molecule has 0 N–H and O–H groups in total. The predicted octanol–water partition coefficient (Wildman–Crippen LogP) is 2.64. The Morgan fingerprint density at radius 1 is 1.05 bits per heavy atom. The minimum absolute atomic E-state index is 0.144. The van der Waals surface area contributed by atoms with E-state index >= 15 is 0 Å². The van der Waals surface area contributed by atoms with Gasteiger partial charge >= 0.3 is 0 Å². The molecule has 0 aromatic heterocycles. The van der Waals surface area contributed by atoms with Crippen LogP contribution in [0.1, 0.15) is 31.4 Å². The van der Waals surface area contributed by atoms with Crippen LogP contribution in [0.25, 0.3) is 0 Å². The number of likely N-dealkylation sites (N-methyl/N-ethyl adjacent to an activating group) is 2. The molecule has 1 aromatic carbocycles. The van der Waals surface area contributed by atoms with E-state index in [-0.39, 0.29) is 5.91 Å². The number of amidine groups is 1. The van der Waals surface area contributed by atoms with Crippen molar-refractivity contribution in [3.63, 3.8) is 0 Å². The molecule has 1 aromatic rings. The molecule has 1 aliphatic heterocycles. The standard InChI is InChI=1S/C17H25N3O/c1-5-13-8-7-9-14(6-2)17(13)18-15-12-16(21)20(4)11-10-19(15)3/h7-9H,5-6,10-12H2,1-4H3. The highest BCUT2D eigenvalue weighted by Gasteiger charge is 2.21. The highest BCUT2D eigenvalue weighted by atomic mass is 16.2. The van der Waals surface area contributed by atoms with E-state index < -0.39 is 0 Å². The van der Waals surface area contributed by atoms with Crippen molar-refractivity contribution in [3.8, 4) is 0 Å². The molecule has 0 saturated carbocycles. The predicted molar refractivity (Wildman–Crippen MR) is 87.2 cm³/mol. The zero-order valence-corrected chi connectivity index (χ0v) is 13.5. The Balaban J connectivity index is 2.44. The lowest BCUT2D eigenvalue weighted by Crippen LogP contribution is -2.29. The normalized spacial score (nSPS) is 18.3.